The molecule has 0 aromatic carbocycles. The maximum absolute atomic E-state index is 12.5. The molecule has 2 aliphatic heterocycles. The number of ether oxygens (including phenoxy) is 2. The molecular formula is C16H24N2O5. The number of rotatable bonds is 5. The maximum Gasteiger partial charge on any atom is 0.307 e. The van der Waals surface area contributed by atoms with Crippen LogP contribution in [0.4, 0.5) is 0 Å². The topological polar surface area (TPSA) is 84.9 Å². The minimum atomic E-state index is -0.668. The largest absolute Gasteiger partial charge is 0.469 e. The van der Waals surface area contributed by atoms with E-state index in [1.807, 2.05) is 0 Å². The van der Waals surface area contributed by atoms with Crippen molar-refractivity contribution in [2.24, 2.45) is 5.92 Å². The Bertz CT molecular complexity index is 477. The summed E-state index contributed by atoms with van der Waals surface area (Å²) in [6.45, 7) is 5.40. The van der Waals surface area contributed by atoms with Crippen LogP contribution in [-0.4, -0.2) is 61.6 Å². The molecule has 2 rings (SSSR count). The third-order valence-corrected chi connectivity index (χ3v) is 4.55. The van der Waals surface area contributed by atoms with Gasteiger partial charge in [-0.05, 0) is 25.3 Å². The first kappa shape index (κ1) is 17.5. The summed E-state index contributed by atoms with van der Waals surface area (Å²) in [5, 5.41) is 3.00. The van der Waals surface area contributed by atoms with Crippen molar-refractivity contribution in [3.63, 3.8) is 0 Å². The van der Waals surface area contributed by atoms with Gasteiger partial charge in [0.15, 0.2) is 0 Å². The molecule has 7 heteroatoms. The third kappa shape index (κ3) is 4.31. The lowest BCUT2D eigenvalue weighted by atomic mass is 9.90. The molecule has 2 fully saturated rings. The minimum Gasteiger partial charge on any atom is -0.469 e. The van der Waals surface area contributed by atoms with Crippen LogP contribution in [0.25, 0.3) is 0 Å². The van der Waals surface area contributed by atoms with E-state index in [4.69, 9.17) is 9.47 Å². The molecular weight excluding hydrogens is 300 g/mol. The highest BCUT2D eigenvalue weighted by molar-refractivity contribution is 5.87. The normalized spacial score (nSPS) is 25.0. The zero-order valence-corrected chi connectivity index (χ0v) is 13.5. The lowest BCUT2D eigenvalue weighted by Gasteiger charge is -2.34. The van der Waals surface area contributed by atoms with E-state index in [-0.39, 0.29) is 30.1 Å². The van der Waals surface area contributed by atoms with Crippen molar-refractivity contribution in [1.82, 2.24) is 10.2 Å². The molecule has 2 heterocycles. The first-order valence-electron chi connectivity index (χ1n) is 7.87. The number of likely N-dealkylation sites (tertiary alicyclic amines) is 1. The quantitative estimate of drug-likeness (QED) is 0.579. The average molecular weight is 324 g/mol. The fraction of sp³-hybridized carbons (Fsp3) is 0.688. The molecule has 2 amide bonds. The molecule has 0 bridgehead atoms. The lowest BCUT2D eigenvalue weighted by molar-refractivity contribution is -0.143. The van der Waals surface area contributed by atoms with Crippen LogP contribution in [0.1, 0.15) is 25.7 Å². The molecule has 2 saturated heterocycles. The molecule has 2 aliphatic rings. The summed E-state index contributed by atoms with van der Waals surface area (Å²) < 4.78 is 10.1. The molecule has 1 atom stereocenters. The monoisotopic (exact) mass is 324 g/mol. The highest BCUT2D eigenvalue weighted by Crippen LogP contribution is 2.25. The summed E-state index contributed by atoms with van der Waals surface area (Å²) in [5.41, 5.74) is -0.668. The van der Waals surface area contributed by atoms with Gasteiger partial charge >= 0.3 is 5.97 Å². The van der Waals surface area contributed by atoms with Crippen molar-refractivity contribution in [3.05, 3.63) is 12.7 Å². The van der Waals surface area contributed by atoms with Gasteiger partial charge in [0.2, 0.25) is 11.8 Å². The standard InChI is InChI=1S/C16H24N2O5/c1-3-13(19)18-7-4-12(5-8-18)15(21)17-16(6-9-23-11-16)10-14(20)22-2/h3,12H,1,4-11H2,2H3,(H,17,21). The molecule has 0 spiro atoms. The number of hydrogen-bond acceptors (Lipinski definition) is 5. The number of hydrogen-bond donors (Lipinski definition) is 1. The Morgan fingerprint density at radius 1 is 1.39 bits per heavy atom. The van der Waals surface area contributed by atoms with Crippen molar-refractivity contribution in [3.8, 4) is 0 Å². The van der Waals surface area contributed by atoms with Crippen LogP contribution in [0.3, 0.4) is 0 Å². The average Bonchev–Trinajstić information content (AvgIpc) is 3.02. The number of esters is 1. The summed E-state index contributed by atoms with van der Waals surface area (Å²) >= 11 is 0. The van der Waals surface area contributed by atoms with Gasteiger partial charge in [0.1, 0.15) is 0 Å². The summed E-state index contributed by atoms with van der Waals surface area (Å²) in [6, 6.07) is 0. The number of piperidine rings is 1. The Morgan fingerprint density at radius 3 is 2.61 bits per heavy atom. The molecule has 128 valence electrons. The van der Waals surface area contributed by atoms with E-state index in [1.165, 1.54) is 13.2 Å². The predicted molar refractivity (Wildman–Crippen MR) is 82.4 cm³/mol. The smallest absolute Gasteiger partial charge is 0.307 e. The van der Waals surface area contributed by atoms with E-state index >= 15 is 0 Å². The van der Waals surface area contributed by atoms with Gasteiger partial charge in [0.05, 0.1) is 25.7 Å². The predicted octanol–water partition coefficient (Wildman–Crippen LogP) is 0.249. The van der Waals surface area contributed by atoms with Crippen LogP contribution >= 0.6 is 0 Å². The van der Waals surface area contributed by atoms with E-state index in [2.05, 4.69) is 11.9 Å². The van der Waals surface area contributed by atoms with Gasteiger partial charge in [-0.15, -0.1) is 0 Å². The first-order chi connectivity index (χ1) is 11.0. The minimum absolute atomic E-state index is 0.0786. The van der Waals surface area contributed by atoms with Gasteiger partial charge in [-0.1, -0.05) is 6.58 Å². The number of nitrogens with zero attached hydrogens (tertiary/aromatic N) is 1. The van der Waals surface area contributed by atoms with Gasteiger partial charge in [0.25, 0.3) is 0 Å². The number of carbonyl (C=O) groups excluding carboxylic acids is 3. The number of carbonyl (C=O) groups is 3. The number of nitrogens with one attached hydrogen (secondary N) is 1. The molecule has 0 aliphatic carbocycles. The Balaban J connectivity index is 1.91. The zero-order valence-electron chi connectivity index (χ0n) is 13.5. The highest BCUT2D eigenvalue weighted by Gasteiger charge is 2.40. The highest BCUT2D eigenvalue weighted by atomic mass is 16.5. The second kappa shape index (κ2) is 7.59. The molecule has 7 nitrogen and oxygen atoms in total. The van der Waals surface area contributed by atoms with E-state index in [9.17, 15) is 14.4 Å². The van der Waals surface area contributed by atoms with Crippen LogP contribution in [0, 0.1) is 5.92 Å². The first-order valence-corrected chi connectivity index (χ1v) is 7.87. The summed E-state index contributed by atoms with van der Waals surface area (Å²) in [6.07, 6.45) is 3.23. The summed E-state index contributed by atoms with van der Waals surface area (Å²) in [7, 11) is 1.33. The van der Waals surface area contributed by atoms with Crippen LogP contribution in [0.15, 0.2) is 12.7 Å². The van der Waals surface area contributed by atoms with E-state index in [0.717, 1.165) is 0 Å². The van der Waals surface area contributed by atoms with E-state index in [1.54, 1.807) is 4.90 Å². The SMILES string of the molecule is C=CC(=O)N1CCC(C(=O)NC2(CC(=O)OC)CCOC2)CC1. The van der Waals surface area contributed by atoms with Crippen molar-refractivity contribution < 1.29 is 23.9 Å². The molecule has 0 aromatic heterocycles. The Morgan fingerprint density at radius 2 is 2.09 bits per heavy atom. The van der Waals surface area contributed by atoms with Gasteiger partial charge in [0, 0.05) is 25.6 Å². The number of methoxy groups -OCH3 is 1. The fourth-order valence-electron chi connectivity index (χ4n) is 3.09. The zero-order chi connectivity index (χ0) is 16.9. The van der Waals surface area contributed by atoms with Gasteiger partial charge in [-0.3, -0.25) is 14.4 Å². The molecule has 0 saturated carbocycles. The second-order valence-electron chi connectivity index (χ2n) is 6.13. The van der Waals surface area contributed by atoms with Crippen LogP contribution in [0.5, 0.6) is 0 Å². The van der Waals surface area contributed by atoms with Crippen molar-refractivity contribution in [1.29, 1.82) is 0 Å². The van der Waals surface area contributed by atoms with E-state index < -0.39 is 5.54 Å². The third-order valence-electron chi connectivity index (χ3n) is 4.55. The Labute approximate surface area is 136 Å². The maximum atomic E-state index is 12.5. The molecule has 1 N–H and O–H groups in total. The van der Waals surface area contributed by atoms with Crippen LogP contribution in [0.2, 0.25) is 0 Å². The summed E-state index contributed by atoms with van der Waals surface area (Å²) in [4.78, 5) is 37.4. The van der Waals surface area contributed by atoms with Crippen LogP contribution < -0.4 is 5.32 Å². The molecule has 0 aromatic rings. The Kier molecular flexibility index (Phi) is 5.76. The van der Waals surface area contributed by atoms with Crippen molar-refractivity contribution >= 4 is 17.8 Å². The van der Waals surface area contributed by atoms with E-state index in [0.29, 0.717) is 45.6 Å². The second-order valence-corrected chi connectivity index (χ2v) is 6.13. The summed E-state index contributed by atoms with van der Waals surface area (Å²) in [5.74, 6) is -0.693. The van der Waals surface area contributed by atoms with Crippen molar-refractivity contribution in [2.45, 2.75) is 31.2 Å². The fourth-order valence-corrected chi connectivity index (χ4v) is 3.09. The molecule has 0 radical (unpaired) electrons. The molecule has 23 heavy (non-hydrogen) atoms. The van der Waals surface area contributed by atoms with Gasteiger partial charge < -0.3 is 19.7 Å². The molecule has 1 unspecified atom stereocenters. The van der Waals surface area contributed by atoms with Crippen LogP contribution in [-0.2, 0) is 23.9 Å². The lowest BCUT2D eigenvalue weighted by Crippen LogP contribution is -2.53. The van der Waals surface area contributed by atoms with Crippen molar-refractivity contribution in [2.75, 3.05) is 33.4 Å². The van der Waals surface area contributed by atoms with Gasteiger partial charge in [-0.2, -0.15) is 0 Å². The van der Waals surface area contributed by atoms with Gasteiger partial charge in [-0.25, -0.2) is 0 Å². The number of amides is 2. The Hall–Kier alpha value is -1.89.